The number of carbonyl (C=O) groups is 1. The number of rotatable bonds is 5. The fourth-order valence-electron chi connectivity index (χ4n) is 1.54. The van der Waals surface area contributed by atoms with E-state index in [0.29, 0.717) is 28.2 Å². The van der Waals surface area contributed by atoms with E-state index in [2.05, 4.69) is 14.1 Å². The summed E-state index contributed by atoms with van der Waals surface area (Å²) in [4.78, 5) is 12.0. The number of benzene rings is 1. The van der Waals surface area contributed by atoms with Crippen LogP contribution in [0.15, 0.2) is 12.1 Å². The number of carbonyl (C=O) groups excluding carboxylic acids is 1. The van der Waals surface area contributed by atoms with Crippen LogP contribution in [0.25, 0.3) is 11.0 Å². The summed E-state index contributed by atoms with van der Waals surface area (Å²) in [6, 6.07) is 2.91. The van der Waals surface area contributed by atoms with E-state index in [9.17, 15) is 4.79 Å². The van der Waals surface area contributed by atoms with Crippen LogP contribution in [-0.2, 0) is 4.79 Å². The monoisotopic (exact) mass is 316 g/mol. The molecule has 3 N–H and O–H groups in total. The number of nitrogens with two attached hydrogens (primary N) is 1. The third-order valence-corrected chi connectivity index (χ3v) is 4.10. The van der Waals surface area contributed by atoms with E-state index >= 15 is 0 Å². The first-order chi connectivity index (χ1) is 9.13. The van der Waals surface area contributed by atoms with Gasteiger partial charge in [0.25, 0.3) is 0 Å². The Morgan fingerprint density at radius 2 is 2.37 bits per heavy atom. The molecule has 5 nitrogen and oxygen atoms in total. The molecule has 0 unspecified atom stereocenters. The fraction of sp³-hybridized carbons (Fsp3) is 0.364. The summed E-state index contributed by atoms with van der Waals surface area (Å²) in [5.41, 5.74) is 7.61. The first kappa shape index (κ1) is 14.5. The Morgan fingerprint density at radius 1 is 1.58 bits per heavy atom. The topological polar surface area (TPSA) is 80.9 Å². The highest BCUT2D eigenvalue weighted by Crippen LogP contribution is 2.29. The molecule has 0 saturated carbocycles. The summed E-state index contributed by atoms with van der Waals surface area (Å²) >= 11 is 8.83. The third-order valence-electron chi connectivity index (χ3n) is 2.60. The number of thioether (sulfide) groups is 1. The van der Waals surface area contributed by atoms with Gasteiger partial charge in [0.05, 0.1) is 28.5 Å². The lowest BCUT2D eigenvalue weighted by Gasteiger charge is -2.12. The molecule has 0 spiro atoms. The molecule has 102 valence electrons. The number of nitrogens with one attached hydrogen (secondary N) is 1. The number of nitrogens with zero attached hydrogens (tertiary/aromatic N) is 2. The molecule has 0 aliphatic carbocycles. The molecule has 0 aliphatic rings. The third kappa shape index (κ3) is 3.36. The highest BCUT2D eigenvalue weighted by Gasteiger charge is 2.17. The minimum Gasteiger partial charge on any atom is -0.322 e. The second-order valence-corrected chi connectivity index (χ2v) is 5.85. The molecular weight excluding hydrogens is 304 g/mol. The Bertz CT molecular complexity index is 589. The van der Waals surface area contributed by atoms with Crippen molar-refractivity contribution in [2.24, 2.45) is 5.73 Å². The van der Waals surface area contributed by atoms with Crippen molar-refractivity contribution in [3.8, 4) is 0 Å². The van der Waals surface area contributed by atoms with Crippen LogP contribution < -0.4 is 11.1 Å². The molecule has 1 aromatic carbocycles. The molecular formula is C11H13ClN4OS2. The molecule has 19 heavy (non-hydrogen) atoms. The van der Waals surface area contributed by atoms with Crippen molar-refractivity contribution in [3.05, 3.63) is 17.2 Å². The van der Waals surface area contributed by atoms with E-state index in [1.165, 1.54) is 0 Å². The van der Waals surface area contributed by atoms with Crippen molar-refractivity contribution in [2.75, 3.05) is 17.3 Å². The zero-order valence-corrected chi connectivity index (χ0v) is 12.6. The molecule has 0 fully saturated rings. The van der Waals surface area contributed by atoms with E-state index in [4.69, 9.17) is 17.3 Å². The predicted molar refractivity (Wildman–Crippen MR) is 82.0 cm³/mol. The number of anilines is 1. The Labute approximate surface area is 124 Å². The predicted octanol–water partition coefficient (Wildman–Crippen LogP) is 2.36. The van der Waals surface area contributed by atoms with Crippen molar-refractivity contribution < 1.29 is 4.79 Å². The smallest absolute Gasteiger partial charge is 0.241 e. The molecule has 0 radical (unpaired) electrons. The van der Waals surface area contributed by atoms with Crippen LogP contribution in [0.2, 0.25) is 5.02 Å². The molecule has 2 rings (SSSR count). The molecule has 0 saturated heterocycles. The maximum atomic E-state index is 12.0. The molecule has 0 aliphatic heterocycles. The molecule has 1 amide bonds. The van der Waals surface area contributed by atoms with E-state index in [1.54, 1.807) is 23.9 Å². The summed E-state index contributed by atoms with van der Waals surface area (Å²) in [5.74, 6) is 0.585. The molecule has 8 heteroatoms. The van der Waals surface area contributed by atoms with Crippen LogP contribution >= 0.6 is 35.1 Å². The van der Waals surface area contributed by atoms with Crippen molar-refractivity contribution >= 4 is 57.7 Å². The summed E-state index contributed by atoms with van der Waals surface area (Å²) in [7, 11) is 0. The average Bonchev–Trinajstić information content (AvgIpc) is 2.87. The summed E-state index contributed by atoms with van der Waals surface area (Å²) in [5, 5.41) is 3.18. The van der Waals surface area contributed by atoms with Gasteiger partial charge in [-0.25, -0.2) is 0 Å². The van der Waals surface area contributed by atoms with Gasteiger partial charge in [-0.2, -0.15) is 20.5 Å². The van der Waals surface area contributed by atoms with Crippen molar-refractivity contribution in [1.82, 2.24) is 8.75 Å². The number of halogens is 1. The second-order valence-electron chi connectivity index (χ2n) is 3.93. The SMILES string of the molecule is CSCC[C@H](N)C(=O)Nc1c(Cl)ccc2nsnc12. The number of amides is 1. The summed E-state index contributed by atoms with van der Waals surface area (Å²) < 4.78 is 8.25. The van der Waals surface area contributed by atoms with E-state index in [-0.39, 0.29) is 5.91 Å². The lowest BCUT2D eigenvalue weighted by Crippen LogP contribution is -2.36. The zero-order chi connectivity index (χ0) is 13.8. The van der Waals surface area contributed by atoms with Crippen LogP contribution in [0.1, 0.15) is 6.42 Å². The van der Waals surface area contributed by atoms with Crippen LogP contribution in [0.4, 0.5) is 5.69 Å². The van der Waals surface area contributed by atoms with Crippen molar-refractivity contribution in [2.45, 2.75) is 12.5 Å². The number of hydrogen-bond donors (Lipinski definition) is 2. The zero-order valence-electron chi connectivity index (χ0n) is 10.2. The van der Waals surface area contributed by atoms with Gasteiger partial charge in [0.15, 0.2) is 0 Å². The van der Waals surface area contributed by atoms with Gasteiger partial charge in [-0.15, -0.1) is 0 Å². The molecule has 1 aromatic heterocycles. The van der Waals surface area contributed by atoms with Gasteiger partial charge in [-0.3, -0.25) is 4.79 Å². The minimum atomic E-state index is -0.551. The maximum Gasteiger partial charge on any atom is 0.241 e. The Hall–Kier alpha value is -0.890. The first-order valence-corrected chi connectivity index (χ1v) is 8.10. The van der Waals surface area contributed by atoms with E-state index < -0.39 is 6.04 Å². The lowest BCUT2D eigenvalue weighted by molar-refractivity contribution is -0.117. The molecule has 0 bridgehead atoms. The summed E-state index contributed by atoms with van der Waals surface area (Å²) in [6.45, 7) is 0. The standard InChI is InChI=1S/C11H13ClN4OS2/c1-18-5-4-7(13)11(17)14-9-6(12)2-3-8-10(9)16-19-15-8/h2-3,7H,4-5,13H2,1H3,(H,14,17)/t7-/m0/s1. The lowest BCUT2D eigenvalue weighted by atomic mass is 10.2. The van der Waals surface area contributed by atoms with Crippen molar-refractivity contribution in [3.63, 3.8) is 0 Å². The Kier molecular flexibility index (Phi) is 4.98. The highest BCUT2D eigenvalue weighted by molar-refractivity contribution is 7.98. The second kappa shape index (κ2) is 6.51. The van der Waals surface area contributed by atoms with E-state index in [1.807, 2.05) is 6.26 Å². The van der Waals surface area contributed by atoms with Crippen molar-refractivity contribution in [1.29, 1.82) is 0 Å². The van der Waals surface area contributed by atoms with Crippen LogP contribution in [-0.4, -0.2) is 32.7 Å². The number of aromatic nitrogens is 2. The van der Waals surface area contributed by atoms with Crippen LogP contribution in [0, 0.1) is 0 Å². The van der Waals surface area contributed by atoms with Gasteiger partial charge < -0.3 is 11.1 Å². The normalized spacial score (nSPS) is 12.6. The van der Waals surface area contributed by atoms with Gasteiger partial charge >= 0.3 is 0 Å². The van der Waals surface area contributed by atoms with Gasteiger partial charge in [-0.05, 0) is 30.6 Å². The number of hydrogen-bond acceptors (Lipinski definition) is 6. The Morgan fingerprint density at radius 3 is 3.11 bits per heavy atom. The van der Waals surface area contributed by atoms with Gasteiger partial charge in [0, 0.05) is 0 Å². The van der Waals surface area contributed by atoms with E-state index in [0.717, 1.165) is 17.5 Å². The van der Waals surface area contributed by atoms with Gasteiger partial charge in [-0.1, -0.05) is 11.6 Å². The average molecular weight is 317 g/mol. The summed E-state index contributed by atoms with van der Waals surface area (Å²) in [6.07, 6.45) is 2.60. The highest BCUT2D eigenvalue weighted by atomic mass is 35.5. The maximum absolute atomic E-state index is 12.0. The number of fused-ring (bicyclic) bond motifs is 1. The minimum absolute atomic E-state index is 0.253. The fourth-order valence-corrected chi connectivity index (χ4v) is 2.77. The van der Waals surface area contributed by atoms with Gasteiger partial charge in [0.1, 0.15) is 11.0 Å². The van der Waals surface area contributed by atoms with Crippen LogP contribution in [0.5, 0.6) is 0 Å². The largest absolute Gasteiger partial charge is 0.322 e. The Balaban J connectivity index is 2.18. The molecule has 1 heterocycles. The first-order valence-electron chi connectivity index (χ1n) is 5.59. The molecule has 2 aromatic rings. The van der Waals surface area contributed by atoms with Gasteiger partial charge in [0.2, 0.25) is 5.91 Å². The molecule has 1 atom stereocenters. The quantitative estimate of drug-likeness (QED) is 0.885. The van der Waals surface area contributed by atoms with Crippen LogP contribution in [0.3, 0.4) is 0 Å².